The highest BCUT2D eigenvalue weighted by atomic mass is 19.4. The van der Waals surface area contributed by atoms with Crippen LogP contribution in [0, 0.1) is 5.92 Å². The molecule has 2 rings (SSSR count). The van der Waals surface area contributed by atoms with E-state index in [9.17, 15) is 22.8 Å². The third-order valence-electron chi connectivity index (χ3n) is 4.39. The highest BCUT2D eigenvalue weighted by Gasteiger charge is 2.41. The fraction of sp³-hybridized carbons (Fsp3) is 0.529. The van der Waals surface area contributed by atoms with E-state index >= 15 is 0 Å². The molecule has 0 bridgehead atoms. The third kappa shape index (κ3) is 5.65. The number of carbonyl (C=O) groups is 2. The molecule has 5 nitrogen and oxygen atoms in total. The molecule has 1 atom stereocenters. The lowest BCUT2D eigenvalue weighted by atomic mass is 9.97. The van der Waals surface area contributed by atoms with Crippen molar-refractivity contribution in [2.24, 2.45) is 5.92 Å². The van der Waals surface area contributed by atoms with E-state index in [4.69, 9.17) is 5.11 Å². The van der Waals surface area contributed by atoms with Gasteiger partial charge in [-0.25, -0.2) is 4.79 Å². The lowest BCUT2D eigenvalue weighted by Crippen LogP contribution is -2.52. The molecule has 1 aliphatic heterocycles. The molecule has 138 valence electrons. The summed E-state index contributed by atoms with van der Waals surface area (Å²) < 4.78 is 39.6. The molecule has 8 heteroatoms. The van der Waals surface area contributed by atoms with E-state index in [1.165, 1.54) is 4.90 Å². The number of aryl methyl sites for hydroxylation is 1. The van der Waals surface area contributed by atoms with Crippen molar-refractivity contribution >= 4 is 12.0 Å². The largest absolute Gasteiger partial charge is 0.481 e. The van der Waals surface area contributed by atoms with Crippen LogP contribution in [0.25, 0.3) is 0 Å². The summed E-state index contributed by atoms with van der Waals surface area (Å²) in [5, 5.41) is 11.0. The van der Waals surface area contributed by atoms with Crippen LogP contribution < -0.4 is 5.32 Å². The van der Waals surface area contributed by atoms with Gasteiger partial charge >= 0.3 is 18.2 Å². The molecule has 2 amide bonds. The zero-order valence-electron chi connectivity index (χ0n) is 13.6. The van der Waals surface area contributed by atoms with Gasteiger partial charge in [0.05, 0.1) is 5.92 Å². The summed E-state index contributed by atoms with van der Waals surface area (Å²) in [5.41, 5.74) is 0.772. The number of carboxylic acid groups (broad SMARTS) is 1. The smallest absolute Gasteiger partial charge is 0.408 e. The number of amides is 2. The standard InChI is InChI=1S/C17H21F3N2O3/c18-17(19,20)14(7-6-12-4-2-1-3-5-12)21-16(25)22-10-8-13(9-11-22)15(23)24/h1-5,13-14H,6-11H2,(H,21,25)(H,23,24). The van der Waals surface area contributed by atoms with Crippen LogP contribution in [0.1, 0.15) is 24.8 Å². The number of nitrogens with zero attached hydrogens (tertiary/aromatic N) is 1. The van der Waals surface area contributed by atoms with E-state index in [0.717, 1.165) is 5.56 Å². The molecule has 1 aromatic carbocycles. The van der Waals surface area contributed by atoms with Gasteiger partial charge in [-0.15, -0.1) is 0 Å². The molecule has 1 heterocycles. The lowest BCUT2D eigenvalue weighted by molar-refractivity contribution is -0.154. The van der Waals surface area contributed by atoms with Gasteiger partial charge in [0.15, 0.2) is 0 Å². The van der Waals surface area contributed by atoms with Crippen LogP contribution in [-0.4, -0.2) is 47.3 Å². The number of hydrogen-bond acceptors (Lipinski definition) is 2. The summed E-state index contributed by atoms with van der Waals surface area (Å²) in [7, 11) is 0. The molecule has 1 fully saturated rings. The van der Waals surface area contributed by atoms with E-state index in [1.54, 1.807) is 30.3 Å². The normalized spacial score (nSPS) is 17.2. The number of aliphatic carboxylic acids is 1. The van der Waals surface area contributed by atoms with Gasteiger partial charge in [0.2, 0.25) is 0 Å². The van der Waals surface area contributed by atoms with Gasteiger partial charge in [-0.3, -0.25) is 4.79 Å². The number of urea groups is 1. The zero-order chi connectivity index (χ0) is 18.4. The minimum Gasteiger partial charge on any atom is -0.481 e. The van der Waals surface area contributed by atoms with E-state index in [0.29, 0.717) is 0 Å². The summed E-state index contributed by atoms with van der Waals surface area (Å²) in [5.74, 6) is -1.48. The van der Waals surface area contributed by atoms with Gasteiger partial charge in [-0.05, 0) is 31.2 Å². The van der Waals surface area contributed by atoms with Crippen molar-refractivity contribution in [2.75, 3.05) is 13.1 Å². The number of rotatable bonds is 5. The molecule has 1 aromatic rings. The predicted molar refractivity (Wildman–Crippen MR) is 85.1 cm³/mol. The highest BCUT2D eigenvalue weighted by molar-refractivity contribution is 5.75. The van der Waals surface area contributed by atoms with Crippen LogP contribution in [0.2, 0.25) is 0 Å². The summed E-state index contributed by atoms with van der Waals surface area (Å²) in [4.78, 5) is 24.3. The quantitative estimate of drug-likeness (QED) is 0.850. The first-order valence-electron chi connectivity index (χ1n) is 8.16. The van der Waals surface area contributed by atoms with Gasteiger partial charge in [0, 0.05) is 13.1 Å². The van der Waals surface area contributed by atoms with Crippen LogP contribution in [-0.2, 0) is 11.2 Å². The summed E-state index contributed by atoms with van der Waals surface area (Å²) in [6.07, 6.45) is -4.08. The minimum atomic E-state index is -4.54. The molecule has 0 aromatic heterocycles. The minimum absolute atomic E-state index is 0.145. The zero-order valence-corrected chi connectivity index (χ0v) is 13.6. The van der Waals surface area contributed by atoms with Gasteiger partial charge < -0.3 is 15.3 Å². The Morgan fingerprint density at radius 1 is 1.20 bits per heavy atom. The van der Waals surface area contributed by atoms with Crippen LogP contribution in [0.3, 0.4) is 0 Å². The Morgan fingerprint density at radius 2 is 1.80 bits per heavy atom. The molecule has 2 N–H and O–H groups in total. The average Bonchev–Trinajstić information content (AvgIpc) is 2.58. The van der Waals surface area contributed by atoms with Crippen molar-refractivity contribution in [3.63, 3.8) is 0 Å². The SMILES string of the molecule is O=C(O)C1CCN(C(=O)NC(CCc2ccccc2)C(F)(F)F)CC1. The maximum Gasteiger partial charge on any atom is 0.408 e. The molecular weight excluding hydrogens is 337 g/mol. The van der Waals surface area contributed by atoms with Crippen molar-refractivity contribution in [1.29, 1.82) is 0 Å². The van der Waals surface area contributed by atoms with Crippen LogP contribution in [0.5, 0.6) is 0 Å². The van der Waals surface area contributed by atoms with E-state index in [1.807, 2.05) is 0 Å². The Kier molecular flexibility index (Phi) is 6.27. The Hall–Kier alpha value is -2.25. The topological polar surface area (TPSA) is 69.6 Å². The average molecular weight is 358 g/mol. The van der Waals surface area contributed by atoms with Gasteiger partial charge in [-0.1, -0.05) is 30.3 Å². The molecule has 1 aliphatic rings. The summed E-state index contributed by atoms with van der Waals surface area (Å²) in [6.45, 7) is 0.290. The second-order valence-electron chi connectivity index (χ2n) is 6.17. The van der Waals surface area contributed by atoms with Gasteiger partial charge in [0.1, 0.15) is 6.04 Å². The van der Waals surface area contributed by atoms with Gasteiger partial charge in [0.25, 0.3) is 0 Å². The van der Waals surface area contributed by atoms with Crippen molar-refractivity contribution in [1.82, 2.24) is 10.2 Å². The third-order valence-corrected chi connectivity index (χ3v) is 4.39. The fourth-order valence-electron chi connectivity index (χ4n) is 2.84. The number of hydrogen-bond donors (Lipinski definition) is 2. The maximum atomic E-state index is 13.2. The summed E-state index contributed by atoms with van der Waals surface area (Å²) >= 11 is 0. The number of alkyl halides is 3. The van der Waals surface area contributed by atoms with Crippen LogP contribution in [0.4, 0.5) is 18.0 Å². The van der Waals surface area contributed by atoms with Crippen LogP contribution >= 0.6 is 0 Å². The highest BCUT2D eigenvalue weighted by Crippen LogP contribution is 2.25. The molecule has 1 unspecified atom stereocenters. The number of carboxylic acids is 1. The Morgan fingerprint density at radius 3 is 2.32 bits per heavy atom. The van der Waals surface area contributed by atoms with E-state index in [-0.39, 0.29) is 38.8 Å². The maximum absolute atomic E-state index is 13.2. The first-order chi connectivity index (χ1) is 11.8. The second-order valence-corrected chi connectivity index (χ2v) is 6.17. The van der Waals surface area contributed by atoms with Crippen molar-refractivity contribution in [3.05, 3.63) is 35.9 Å². The van der Waals surface area contributed by atoms with Crippen molar-refractivity contribution in [3.8, 4) is 0 Å². The Bertz CT molecular complexity index is 585. The first-order valence-corrected chi connectivity index (χ1v) is 8.16. The first kappa shape index (κ1) is 19.1. The van der Waals surface area contributed by atoms with Crippen LogP contribution in [0.15, 0.2) is 30.3 Å². The molecule has 0 radical (unpaired) electrons. The fourth-order valence-corrected chi connectivity index (χ4v) is 2.84. The monoisotopic (exact) mass is 358 g/mol. The molecule has 1 saturated heterocycles. The second kappa shape index (κ2) is 8.22. The van der Waals surface area contributed by atoms with Crippen molar-refractivity contribution < 1.29 is 27.9 Å². The van der Waals surface area contributed by atoms with E-state index in [2.05, 4.69) is 5.32 Å². The number of carbonyl (C=O) groups excluding carboxylic acids is 1. The van der Waals surface area contributed by atoms with Crippen molar-refractivity contribution in [2.45, 2.75) is 37.9 Å². The van der Waals surface area contributed by atoms with E-state index < -0.39 is 30.1 Å². The van der Waals surface area contributed by atoms with Gasteiger partial charge in [-0.2, -0.15) is 13.2 Å². The molecule has 0 spiro atoms. The number of piperidine rings is 1. The number of nitrogens with one attached hydrogen (secondary N) is 1. The number of likely N-dealkylation sites (tertiary alicyclic amines) is 1. The number of halogens is 3. The molecule has 25 heavy (non-hydrogen) atoms. The Balaban J connectivity index is 1.91. The Labute approximate surface area is 143 Å². The summed E-state index contributed by atoms with van der Waals surface area (Å²) in [6, 6.07) is 6.05. The molecule has 0 aliphatic carbocycles. The number of benzene rings is 1. The predicted octanol–water partition coefficient (Wildman–Crippen LogP) is 3.06. The molecule has 0 saturated carbocycles. The molecular formula is C17H21F3N2O3. The lowest BCUT2D eigenvalue weighted by Gasteiger charge is -2.32.